The third kappa shape index (κ3) is 22.0. The zero-order valence-electron chi connectivity index (χ0n) is 31.7. The third-order valence-corrected chi connectivity index (χ3v) is 12.7. The maximum Gasteiger partial charge on any atom is 0.500 e. The Labute approximate surface area is 315 Å². The van der Waals surface area contributed by atoms with Gasteiger partial charge in [-0.05, 0) is 40.0 Å². The maximum absolute atomic E-state index is 12.1. The van der Waals surface area contributed by atoms with Gasteiger partial charge in [0.1, 0.15) is 0 Å². The van der Waals surface area contributed by atoms with Gasteiger partial charge in [0.15, 0.2) is 0 Å². The molecule has 0 aromatic carbocycles. The van der Waals surface area contributed by atoms with Crippen molar-refractivity contribution < 1.29 is 56.1 Å². The van der Waals surface area contributed by atoms with Crippen LogP contribution in [-0.4, -0.2) is 162 Å². The van der Waals surface area contributed by atoms with Gasteiger partial charge in [0, 0.05) is 62.8 Å². The minimum atomic E-state index is -2.67. The molecule has 2 fully saturated rings. The molecule has 304 valence electrons. The molecular weight excluding hydrogens is 717 g/mol. The largest absolute Gasteiger partial charge is 0.500 e. The summed E-state index contributed by atoms with van der Waals surface area (Å²) < 4.78 is 50.5. The molecule has 0 saturated carbocycles. The van der Waals surface area contributed by atoms with Crippen LogP contribution in [0.3, 0.4) is 0 Å². The molecule has 2 aliphatic heterocycles. The van der Waals surface area contributed by atoms with Crippen molar-refractivity contribution in [3.8, 4) is 0 Å². The highest BCUT2D eigenvalue weighted by Crippen LogP contribution is 2.33. The lowest BCUT2D eigenvalue weighted by molar-refractivity contribution is -0.122. The number of hydrogen-bond donors (Lipinski definition) is 4. The smallest absolute Gasteiger partial charge is 0.379 e. The van der Waals surface area contributed by atoms with Gasteiger partial charge in [-0.1, -0.05) is 6.42 Å². The van der Waals surface area contributed by atoms with Gasteiger partial charge in [-0.25, -0.2) is 4.79 Å². The number of hydrogen-bond acceptors (Lipinski definition) is 13. The van der Waals surface area contributed by atoms with E-state index < -0.39 is 8.80 Å². The van der Waals surface area contributed by atoms with Crippen LogP contribution in [0.1, 0.15) is 59.3 Å². The van der Waals surface area contributed by atoms with Gasteiger partial charge < -0.3 is 63.0 Å². The summed E-state index contributed by atoms with van der Waals surface area (Å²) in [5.74, 6) is 0.939. The molecule has 52 heavy (non-hydrogen) atoms. The lowest BCUT2D eigenvalue weighted by Gasteiger charge is -2.28. The van der Waals surface area contributed by atoms with E-state index in [1.807, 2.05) is 32.5 Å². The fourth-order valence-electron chi connectivity index (χ4n) is 5.61. The summed E-state index contributed by atoms with van der Waals surface area (Å²) in [7, 11) is -2.67. The topological polar surface area (TPSA) is 182 Å². The molecule has 0 bridgehead atoms. The first-order chi connectivity index (χ1) is 25.4. The van der Waals surface area contributed by atoms with E-state index >= 15 is 0 Å². The van der Waals surface area contributed by atoms with Crippen molar-refractivity contribution in [3.05, 3.63) is 0 Å². The molecule has 4 amide bonds. The van der Waals surface area contributed by atoms with Crippen molar-refractivity contribution in [2.75, 3.05) is 118 Å². The molecule has 2 heterocycles. The number of thioether (sulfide) groups is 1. The highest BCUT2D eigenvalue weighted by molar-refractivity contribution is 8.00. The summed E-state index contributed by atoms with van der Waals surface area (Å²) >= 11 is 1.90. The number of urea groups is 1. The summed E-state index contributed by atoms with van der Waals surface area (Å²) in [4.78, 5) is 35.6. The molecule has 3 atom stereocenters. The van der Waals surface area contributed by atoms with E-state index in [0.717, 1.165) is 31.4 Å². The normalized spacial score (nSPS) is 18.3. The molecule has 0 unspecified atom stereocenters. The lowest BCUT2D eigenvalue weighted by atomic mass is 10.0. The number of fused-ring (bicyclic) bond motifs is 1. The van der Waals surface area contributed by atoms with Crippen molar-refractivity contribution in [1.82, 2.24) is 21.3 Å². The molecule has 2 aliphatic rings. The van der Waals surface area contributed by atoms with Crippen LogP contribution in [0.15, 0.2) is 0 Å². The predicted octanol–water partition coefficient (Wildman–Crippen LogP) is 1.87. The van der Waals surface area contributed by atoms with Crippen molar-refractivity contribution in [2.24, 2.45) is 0 Å². The highest BCUT2D eigenvalue weighted by atomic mass is 32.2. The van der Waals surface area contributed by atoms with Crippen LogP contribution >= 0.6 is 11.8 Å². The van der Waals surface area contributed by atoms with E-state index in [4.69, 9.17) is 41.7 Å². The molecular formula is C34H66N4O12SSi. The average molecular weight is 783 g/mol. The van der Waals surface area contributed by atoms with Crippen LogP contribution < -0.4 is 21.3 Å². The summed E-state index contributed by atoms with van der Waals surface area (Å²) in [5.41, 5.74) is 0. The molecule has 0 aromatic rings. The predicted molar refractivity (Wildman–Crippen MR) is 200 cm³/mol. The Morgan fingerprint density at radius 2 is 1.15 bits per heavy atom. The number of nitrogens with one attached hydrogen (secondary N) is 4. The van der Waals surface area contributed by atoms with Gasteiger partial charge >= 0.3 is 14.8 Å². The molecule has 0 spiro atoms. The summed E-state index contributed by atoms with van der Waals surface area (Å²) in [6.07, 6.45) is 4.34. The van der Waals surface area contributed by atoms with Crippen molar-refractivity contribution >= 4 is 38.4 Å². The molecule has 0 aliphatic carbocycles. The number of ether oxygens (including phenoxy) is 6. The number of rotatable bonds is 36. The third-order valence-electron chi connectivity index (χ3n) is 8.06. The minimum absolute atomic E-state index is 0.0389. The summed E-state index contributed by atoms with van der Waals surface area (Å²) in [6.45, 7) is 13.7. The van der Waals surface area contributed by atoms with Crippen LogP contribution in [0, 0.1) is 0 Å². The monoisotopic (exact) mass is 782 g/mol. The molecule has 2 rings (SSSR count). The number of unbranched alkanes of at least 4 members (excludes halogenated alkanes) is 1. The highest BCUT2D eigenvalue weighted by Gasteiger charge is 2.42. The van der Waals surface area contributed by atoms with Crippen molar-refractivity contribution in [1.29, 1.82) is 0 Å². The van der Waals surface area contributed by atoms with E-state index in [2.05, 4.69) is 21.3 Å². The zero-order chi connectivity index (χ0) is 37.5. The number of amides is 4. The maximum atomic E-state index is 12.1. The molecule has 16 nitrogen and oxygen atoms in total. The van der Waals surface area contributed by atoms with Gasteiger partial charge in [0.25, 0.3) is 0 Å². The quantitative estimate of drug-likeness (QED) is 0.0411. The molecule has 0 radical (unpaired) electrons. The first-order valence-electron chi connectivity index (χ1n) is 19.0. The average Bonchev–Trinajstić information content (AvgIpc) is 3.68. The number of carbonyl (C=O) groups is 3. The first-order valence-corrected chi connectivity index (χ1v) is 22.0. The van der Waals surface area contributed by atoms with Gasteiger partial charge in [-0.3, -0.25) is 9.59 Å². The van der Waals surface area contributed by atoms with E-state index in [1.165, 1.54) is 0 Å². The second kappa shape index (κ2) is 30.7. The first kappa shape index (κ1) is 46.6. The van der Waals surface area contributed by atoms with Crippen molar-refractivity contribution in [3.63, 3.8) is 0 Å². The number of carbonyl (C=O) groups excluding carboxylic acids is 3. The molecule has 18 heteroatoms. The molecule has 2 saturated heterocycles. The second-order valence-electron chi connectivity index (χ2n) is 12.1. The Morgan fingerprint density at radius 3 is 1.71 bits per heavy atom. The van der Waals surface area contributed by atoms with Crippen LogP contribution in [-0.2, 0) is 51.3 Å². The van der Waals surface area contributed by atoms with E-state index in [0.29, 0.717) is 136 Å². The van der Waals surface area contributed by atoms with Crippen LogP contribution in [0.5, 0.6) is 0 Å². The van der Waals surface area contributed by atoms with Crippen LogP contribution in [0.4, 0.5) is 4.79 Å². The molecule has 4 N–H and O–H groups in total. The van der Waals surface area contributed by atoms with Crippen molar-refractivity contribution in [2.45, 2.75) is 82.7 Å². The SMILES string of the molecule is CCO[Si](CCCNC(=O)CCOCCOCCOCCOCCOCCOCCNC(=O)CCCC[C@@H]1SC[C@@H]2NC(=O)N[C@@H]21)(OCC)OCC. The fourth-order valence-corrected chi connectivity index (χ4v) is 9.77. The second-order valence-corrected chi connectivity index (χ2v) is 16.1. The summed E-state index contributed by atoms with van der Waals surface area (Å²) in [6, 6.07) is 1.06. The van der Waals surface area contributed by atoms with E-state index in [-0.39, 0.29) is 29.9 Å². The van der Waals surface area contributed by atoms with Crippen LogP contribution in [0.25, 0.3) is 0 Å². The Hall–Kier alpha value is -1.58. The molecule has 0 aromatic heterocycles. The Bertz CT molecular complexity index is 930. The van der Waals surface area contributed by atoms with Crippen LogP contribution in [0.2, 0.25) is 6.04 Å². The van der Waals surface area contributed by atoms with Gasteiger partial charge in [0.2, 0.25) is 11.8 Å². The Morgan fingerprint density at radius 1 is 0.654 bits per heavy atom. The lowest BCUT2D eigenvalue weighted by Crippen LogP contribution is -2.46. The summed E-state index contributed by atoms with van der Waals surface area (Å²) in [5, 5.41) is 12.2. The van der Waals surface area contributed by atoms with Gasteiger partial charge in [-0.2, -0.15) is 11.8 Å². The Kier molecular flexibility index (Phi) is 27.5. The zero-order valence-corrected chi connectivity index (χ0v) is 33.5. The van der Waals surface area contributed by atoms with Gasteiger partial charge in [-0.15, -0.1) is 0 Å². The minimum Gasteiger partial charge on any atom is -0.379 e. The fraction of sp³-hybridized carbons (Fsp3) is 0.912. The standard InChI is InChI=1S/C34H66N4O12SSi/c1-4-48-52(49-5-2,50-6-3)27-9-13-35-32(40)12-15-42-17-19-44-21-23-46-25-26-47-24-22-45-20-18-43-16-14-36-31(39)11-8-7-10-30-33-29(28-51-30)37-34(41)38-33/h29-30,33H,4-28H2,1-3H3,(H,35,40)(H,36,39)(H2,37,38,41)/t29-,30-,33-/m0/s1. The van der Waals surface area contributed by atoms with E-state index in [1.54, 1.807) is 0 Å². The van der Waals surface area contributed by atoms with E-state index in [9.17, 15) is 14.4 Å². The Balaban J connectivity index is 1.23. The van der Waals surface area contributed by atoms with Gasteiger partial charge in [0.05, 0.1) is 91.4 Å².